The van der Waals surface area contributed by atoms with E-state index in [2.05, 4.69) is 15.6 Å². The highest BCUT2D eigenvalue weighted by molar-refractivity contribution is 7.91. The van der Waals surface area contributed by atoms with Crippen LogP contribution >= 0.6 is 23.2 Å². The summed E-state index contributed by atoms with van der Waals surface area (Å²) in [6.07, 6.45) is 2.27. The maximum absolute atomic E-state index is 11.7. The number of benzene rings is 1. The number of aryl methyl sites for hydroxylation is 1. The molecule has 6 nitrogen and oxygen atoms in total. The van der Waals surface area contributed by atoms with Crippen LogP contribution in [0.15, 0.2) is 23.3 Å². The number of nitrogens with zero attached hydrogens (tertiary/aromatic N) is 3. The fourth-order valence-corrected chi connectivity index (χ4v) is 5.08. The van der Waals surface area contributed by atoms with Gasteiger partial charge in [-0.1, -0.05) is 23.2 Å². The van der Waals surface area contributed by atoms with Crippen molar-refractivity contribution in [1.82, 2.24) is 9.78 Å². The molecule has 1 fully saturated rings. The molecule has 0 radical (unpaired) electrons. The second-order valence-corrected chi connectivity index (χ2v) is 9.15. The summed E-state index contributed by atoms with van der Waals surface area (Å²) in [5.74, 6) is 0.361. The molecule has 9 heteroatoms. The standard InChI is InChI=1S/C16H18Cl2N4O2S/c1-10-14(8-19-20-16-4-3-12(17)7-15(16)18)11(2)22(21-10)13-5-6-25(23,24)9-13/h3-4,7-8,13,20H,5-6,9H2,1-2H3/b19-8-/t13-/m1/s1. The van der Waals surface area contributed by atoms with E-state index >= 15 is 0 Å². The molecule has 3 rings (SSSR count). The van der Waals surface area contributed by atoms with Gasteiger partial charge >= 0.3 is 0 Å². The van der Waals surface area contributed by atoms with Crippen LogP contribution in [-0.2, 0) is 9.84 Å². The van der Waals surface area contributed by atoms with E-state index in [4.69, 9.17) is 23.2 Å². The van der Waals surface area contributed by atoms with Gasteiger partial charge in [-0.15, -0.1) is 0 Å². The normalized spacial score (nSPS) is 19.6. The molecule has 2 heterocycles. The molecule has 0 aliphatic carbocycles. The Morgan fingerprint density at radius 3 is 2.76 bits per heavy atom. The molecular weight excluding hydrogens is 383 g/mol. The van der Waals surface area contributed by atoms with Crippen molar-refractivity contribution in [2.24, 2.45) is 5.10 Å². The van der Waals surface area contributed by atoms with Gasteiger partial charge in [-0.05, 0) is 38.5 Å². The summed E-state index contributed by atoms with van der Waals surface area (Å²) in [6.45, 7) is 3.80. The zero-order valence-corrected chi connectivity index (χ0v) is 16.2. The number of anilines is 1. The number of hydrazone groups is 1. The zero-order valence-electron chi connectivity index (χ0n) is 13.8. The molecule has 2 aromatic rings. The fraction of sp³-hybridized carbons (Fsp3) is 0.375. The van der Waals surface area contributed by atoms with Crippen LogP contribution in [0.1, 0.15) is 29.4 Å². The van der Waals surface area contributed by atoms with Crippen molar-refractivity contribution in [2.75, 3.05) is 16.9 Å². The van der Waals surface area contributed by atoms with Crippen molar-refractivity contribution in [2.45, 2.75) is 26.3 Å². The predicted octanol–water partition coefficient (Wildman–Crippen LogP) is 3.61. The summed E-state index contributed by atoms with van der Waals surface area (Å²) < 4.78 is 25.2. The van der Waals surface area contributed by atoms with Crippen LogP contribution in [0, 0.1) is 13.8 Å². The van der Waals surface area contributed by atoms with Gasteiger partial charge in [0.2, 0.25) is 0 Å². The molecule has 1 aliphatic heterocycles. The number of hydrogen-bond donors (Lipinski definition) is 1. The molecule has 0 saturated carbocycles. The van der Waals surface area contributed by atoms with E-state index in [9.17, 15) is 8.42 Å². The molecule has 0 bridgehead atoms. The molecule has 1 aromatic heterocycles. The smallest absolute Gasteiger partial charge is 0.152 e. The van der Waals surface area contributed by atoms with Gasteiger partial charge in [0.1, 0.15) is 0 Å². The highest BCUT2D eigenvalue weighted by atomic mass is 35.5. The van der Waals surface area contributed by atoms with E-state index in [1.807, 2.05) is 13.8 Å². The first-order chi connectivity index (χ1) is 11.8. The minimum atomic E-state index is -2.96. The summed E-state index contributed by atoms with van der Waals surface area (Å²) >= 11 is 12.0. The van der Waals surface area contributed by atoms with Gasteiger partial charge < -0.3 is 0 Å². The van der Waals surface area contributed by atoms with E-state index in [-0.39, 0.29) is 17.5 Å². The minimum absolute atomic E-state index is 0.107. The van der Waals surface area contributed by atoms with Crippen molar-refractivity contribution in [3.63, 3.8) is 0 Å². The van der Waals surface area contributed by atoms with E-state index in [0.29, 0.717) is 22.2 Å². The third-order valence-electron chi connectivity index (χ3n) is 4.25. The van der Waals surface area contributed by atoms with Gasteiger partial charge in [0, 0.05) is 16.3 Å². The van der Waals surface area contributed by atoms with Crippen LogP contribution in [0.25, 0.3) is 0 Å². The fourth-order valence-electron chi connectivity index (χ4n) is 2.93. The number of aromatic nitrogens is 2. The third-order valence-corrected chi connectivity index (χ3v) is 6.54. The highest BCUT2D eigenvalue weighted by Crippen LogP contribution is 2.27. The summed E-state index contributed by atoms with van der Waals surface area (Å²) in [6, 6.07) is 5.00. The monoisotopic (exact) mass is 400 g/mol. The lowest BCUT2D eigenvalue weighted by Gasteiger charge is -2.10. The Balaban J connectivity index is 1.79. The average molecular weight is 401 g/mol. The maximum atomic E-state index is 11.7. The third kappa shape index (κ3) is 3.99. The maximum Gasteiger partial charge on any atom is 0.152 e. The van der Waals surface area contributed by atoms with Crippen LogP contribution in [0.3, 0.4) is 0 Å². The molecule has 1 N–H and O–H groups in total. The van der Waals surface area contributed by atoms with Gasteiger partial charge in [-0.25, -0.2) is 8.42 Å². The summed E-state index contributed by atoms with van der Waals surface area (Å²) in [5.41, 5.74) is 6.09. The molecule has 1 aliphatic rings. The number of halogens is 2. The second-order valence-electron chi connectivity index (χ2n) is 6.08. The quantitative estimate of drug-likeness (QED) is 0.627. The molecule has 1 atom stereocenters. The van der Waals surface area contributed by atoms with Crippen molar-refractivity contribution < 1.29 is 8.42 Å². The largest absolute Gasteiger partial charge is 0.277 e. The van der Waals surface area contributed by atoms with E-state index < -0.39 is 9.84 Å². The molecule has 0 unspecified atom stereocenters. The number of hydrogen-bond acceptors (Lipinski definition) is 5. The van der Waals surface area contributed by atoms with Gasteiger partial charge in [-0.2, -0.15) is 10.2 Å². The van der Waals surface area contributed by atoms with Crippen LogP contribution in [0.2, 0.25) is 10.0 Å². The van der Waals surface area contributed by atoms with Crippen LogP contribution < -0.4 is 5.43 Å². The lowest BCUT2D eigenvalue weighted by molar-refractivity contribution is 0.486. The topological polar surface area (TPSA) is 76.3 Å². The zero-order chi connectivity index (χ0) is 18.2. The first-order valence-electron chi connectivity index (χ1n) is 7.77. The Kier molecular flexibility index (Phi) is 5.09. The number of rotatable bonds is 4. The summed E-state index contributed by atoms with van der Waals surface area (Å²) in [4.78, 5) is 0. The van der Waals surface area contributed by atoms with Crippen molar-refractivity contribution in [1.29, 1.82) is 0 Å². The number of sulfone groups is 1. The molecule has 0 amide bonds. The molecule has 25 heavy (non-hydrogen) atoms. The SMILES string of the molecule is Cc1nn([C@@H]2CCS(=O)(=O)C2)c(C)c1/C=N\Nc1ccc(Cl)cc1Cl. The first kappa shape index (κ1) is 18.2. The highest BCUT2D eigenvalue weighted by Gasteiger charge is 2.31. The predicted molar refractivity (Wildman–Crippen MR) is 102 cm³/mol. The first-order valence-corrected chi connectivity index (χ1v) is 10.3. The Morgan fingerprint density at radius 2 is 2.12 bits per heavy atom. The lowest BCUT2D eigenvalue weighted by atomic mass is 10.2. The average Bonchev–Trinajstić information content (AvgIpc) is 3.02. The second kappa shape index (κ2) is 6.97. The molecule has 1 aromatic carbocycles. The molecule has 134 valence electrons. The van der Waals surface area contributed by atoms with Crippen molar-refractivity contribution in [3.05, 3.63) is 45.2 Å². The lowest BCUT2D eigenvalue weighted by Crippen LogP contribution is -2.14. The van der Waals surface area contributed by atoms with Gasteiger partial charge in [-0.3, -0.25) is 10.1 Å². The van der Waals surface area contributed by atoms with E-state index in [1.165, 1.54) is 0 Å². The van der Waals surface area contributed by atoms with E-state index in [1.54, 1.807) is 29.1 Å². The van der Waals surface area contributed by atoms with Crippen molar-refractivity contribution in [3.8, 4) is 0 Å². The van der Waals surface area contributed by atoms with Gasteiger partial charge in [0.05, 0.1) is 40.2 Å². The Hall–Kier alpha value is -1.57. The van der Waals surface area contributed by atoms with Gasteiger partial charge in [0.25, 0.3) is 0 Å². The molecular formula is C16H18Cl2N4O2S. The summed E-state index contributed by atoms with van der Waals surface area (Å²) in [5, 5.41) is 9.75. The minimum Gasteiger partial charge on any atom is -0.277 e. The van der Waals surface area contributed by atoms with Crippen LogP contribution in [0.5, 0.6) is 0 Å². The Morgan fingerprint density at radius 1 is 1.36 bits per heavy atom. The van der Waals surface area contributed by atoms with Gasteiger partial charge in [0.15, 0.2) is 9.84 Å². The van der Waals surface area contributed by atoms with Crippen LogP contribution in [0.4, 0.5) is 5.69 Å². The molecule has 1 saturated heterocycles. The van der Waals surface area contributed by atoms with Crippen molar-refractivity contribution >= 4 is 44.9 Å². The Bertz CT molecular complexity index is 938. The van der Waals surface area contributed by atoms with Crippen LogP contribution in [-0.4, -0.2) is 35.9 Å². The number of nitrogens with one attached hydrogen (secondary N) is 1. The Labute approximate surface area is 156 Å². The summed E-state index contributed by atoms with van der Waals surface area (Å²) in [7, 11) is -2.96. The molecule has 0 spiro atoms. The van der Waals surface area contributed by atoms with E-state index in [0.717, 1.165) is 17.0 Å².